The van der Waals surface area contributed by atoms with Gasteiger partial charge in [0.2, 0.25) is 0 Å². The SMILES string of the molecule is CC1CCc2cc(F)cc3c(O)c(C(=O)NCCNCCO)c(=O)n1c23. The van der Waals surface area contributed by atoms with Crippen LogP contribution in [0.25, 0.3) is 10.9 Å². The van der Waals surface area contributed by atoms with Crippen LogP contribution in [0.15, 0.2) is 16.9 Å². The second-order valence-electron chi connectivity index (χ2n) is 6.48. The Morgan fingerprint density at radius 2 is 2.12 bits per heavy atom. The zero-order valence-corrected chi connectivity index (χ0v) is 14.5. The number of aromatic hydroxyl groups is 1. The van der Waals surface area contributed by atoms with Gasteiger partial charge in [0.25, 0.3) is 11.5 Å². The van der Waals surface area contributed by atoms with Crippen LogP contribution in [0.2, 0.25) is 0 Å². The van der Waals surface area contributed by atoms with Crippen LogP contribution in [0.1, 0.15) is 35.3 Å². The van der Waals surface area contributed by atoms with Gasteiger partial charge in [-0.1, -0.05) is 0 Å². The highest BCUT2D eigenvalue weighted by molar-refractivity contribution is 6.03. The van der Waals surface area contributed by atoms with Gasteiger partial charge < -0.3 is 25.4 Å². The van der Waals surface area contributed by atoms with Crippen LogP contribution < -0.4 is 16.2 Å². The Bertz CT molecular complexity index is 910. The number of amides is 1. The minimum atomic E-state index is -0.701. The molecule has 2 heterocycles. The second kappa shape index (κ2) is 7.43. The summed E-state index contributed by atoms with van der Waals surface area (Å²) in [7, 11) is 0. The van der Waals surface area contributed by atoms with Crippen molar-refractivity contribution in [2.75, 3.05) is 26.2 Å². The number of aryl methyl sites for hydroxylation is 1. The van der Waals surface area contributed by atoms with E-state index in [-0.39, 0.29) is 30.1 Å². The maximum absolute atomic E-state index is 13.9. The standard InChI is InChI=1S/C18H22FN3O4/c1-10-2-3-11-8-12(19)9-13-15(11)22(10)18(26)14(16(13)24)17(25)21-5-4-20-6-7-23/h8-10,20,23-24H,2-7H2,1H3,(H,21,25). The number of carbonyl (C=O) groups excluding carboxylic acids is 1. The third-order valence-corrected chi connectivity index (χ3v) is 4.69. The topological polar surface area (TPSA) is 104 Å². The molecule has 7 nitrogen and oxygen atoms in total. The second-order valence-corrected chi connectivity index (χ2v) is 6.48. The van der Waals surface area contributed by atoms with E-state index in [9.17, 15) is 19.1 Å². The number of rotatable bonds is 6. The highest BCUT2D eigenvalue weighted by Gasteiger charge is 2.28. The lowest BCUT2D eigenvalue weighted by atomic mass is 9.95. The van der Waals surface area contributed by atoms with E-state index in [1.54, 1.807) is 0 Å². The fourth-order valence-electron chi connectivity index (χ4n) is 3.44. The van der Waals surface area contributed by atoms with Crippen LogP contribution in [0.5, 0.6) is 5.75 Å². The highest BCUT2D eigenvalue weighted by atomic mass is 19.1. The molecule has 1 aliphatic rings. The molecule has 0 radical (unpaired) electrons. The Kier molecular flexibility index (Phi) is 5.24. The number of benzene rings is 1. The normalized spacial score (nSPS) is 16.0. The van der Waals surface area contributed by atoms with Gasteiger partial charge in [0.15, 0.2) is 0 Å². The molecule has 0 fully saturated rings. The molecule has 1 atom stereocenters. The maximum atomic E-state index is 13.9. The molecule has 1 aliphatic heterocycles. The van der Waals surface area contributed by atoms with Crippen molar-refractivity contribution in [2.45, 2.75) is 25.8 Å². The molecule has 2 aromatic rings. The molecule has 0 saturated carbocycles. The van der Waals surface area contributed by atoms with Crippen LogP contribution in [-0.2, 0) is 6.42 Å². The zero-order valence-electron chi connectivity index (χ0n) is 14.5. The lowest BCUT2D eigenvalue weighted by molar-refractivity contribution is 0.0949. The lowest BCUT2D eigenvalue weighted by Crippen LogP contribution is -2.38. The average Bonchev–Trinajstić information content (AvgIpc) is 2.60. The predicted molar refractivity (Wildman–Crippen MR) is 95.2 cm³/mol. The van der Waals surface area contributed by atoms with Crippen molar-refractivity contribution in [3.8, 4) is 5.75 Å². The number of hydrogen-bond donors (Lipinski definition) is 4. The molecule has 8 heteroatoms. The summed E-state index contributed by atoms with van der Waals surface area (Å²) in [4.78, 5) is 25.4. The number of aliphatic hydroxyl groups is 1. The summed E-state index contributed by atoms with van der Waals surface area (Å²) in [5, 5.41) is 24.9. The quantitative estimate of drug-likeness (QED) is 0.565. The molecule has 1 aromatic heterocycles. The summed E-state index contributed by atoms with van der Waals surface area (Å²) in [5.74, 6) is -1.70. The first-order valence-corrected chi connectivity index (χ1v) is 8.65. The molecule has 4 N–H and O–H groups in total. The predicted octanol–water partition coefficient (Wildman–Crippen LogP) is 0.665. The van der Waals surface area contributed by atoms with Gasteiger partial charge in [-0.25, -0.2) is 4.39 Å². The van der Waals surface area contributed by atoms with Crippen molar-refractivity contribution in [3.05, 3.63) is 39.4 Å². The number of aliphatic hydroxyl groups excluding tert-OH is 1. The minimum absolute atomic E-state index is 0.0180. The van der Waals surface area contributed by atoms with Gasteiger partial charge in [0, 0.05) is 31.1 Å². The molecule has 3 rings (SSSR count). The van der Waals surface area contributed by atoms with Crippen LogP contribution in [0.4, 0.5) is 4.39 Å². The molecule has 1 aromatic carbocycles. The van der Waals surface area contributed by atoms with Crippen molar-refractivity contribution < 1.29 is 19.4 Å². The molecule has 1 unspecified atom stereocenters. The Balaban J connectivity index is 2.04. The van der Waals surface area contributed by atoms with E-state index in [0.717, 1.165) is 6.07 Å². The van der Waals surface area contributed by atoms with E-state index in [1.165, 1.54) is 10.6 Å². The van der Waals surface area contributed by atoms with Gasteiger partial charge in [0.05, 0.1) is 12.1 Å². The number of halogens is 1. The van der Waals surface area contributed by atoms with Gasteiger partial charge in [-0.05, 0) is 37.5 Å². The maximum Gasteiger partial charge on any atom is 0.267 e. The van der Waals surface area contributed by atoms with Gasteiger partial charge in [0.1, 0.15) is 17.1 Å². The van der Waals surface area contributed by atoms with Gasteiger partial charge in [-0.15, -0.1) is 0 Å². The monoisotopic (exact) mass is 363 g/mol. The van der Waals surface area contributed by atoms with E-state index in [1.807, 2.05) is 6.92 Å². The van der Waals surface area contributed by atoms with Crippen LogP contribution >= 0.6 is 0 Å². The molecule has 26 heavy (non-hydrogen) atoms. The first-order valence-electron chi connectivity index (χ1n) is 8.65. The van der Waals surface area contributed by atoms with Crippen LogP contribution in [-0.4, -0.2) is 46.9 Å². The van der Waals surface area contributed by atoms with Crippen molar-refractivity contribution >= 4 is 16.8 Å². The number of hydrogen-bond acceptors (Lipinski definition) is 5. The number of carbonyl (C=O) groups is 1. The third-order valence-electron chi connectivity index (χ3n) is 4.69. The molecule has 1 amide bonds. The molecular weight excluding hydrogens is 341 g/mol. The van der Waals surface area contributed by atoms with Gasteiger partial charge in [-0.2, -0.15) is 0 Å². The molecular formula is C18H22FN3O4. The number of nitrogens with one attached hydrogen (secondary N) is 2. The largest absolute Gasteiger partial charge is 0.506 e. The van der Waals surface area contributed by atoms with Gasteiger partial charge >= 0.3 is 0 Å². The van der Waals surface area contributed by atoms with Crippen molar-refractivity contribution in [2.24, 2.45) is 0 Å². The Hall–Kier alpha value is -2.45. The first kappa shape index (κ1) is 18.3. The fourth-order valence-corrected chi connectivity index (χ4v) is 3.44. The number of pyridine rings is 1. The highest BCUT2D eigenvalue weighted by Crippen LogP contribution is 2.35. The molecule has 0 saturated heterocycles. The Morgan fingerprint density at radius 3 is 2.85 bits per heavy atom. The van der Waals surface area contributed by atoms with Crippen molar-refractivity contribution in [1.82, 2.24) is 15.2 Å². The number of nitrogens with zero attached hydrogens (tertiary/aromatic N) is 1. The Labute approximate surface area is 149 Å². The first-order chi connectivity index (χ1) is 12.5. The van der Waals surface area contributed by atoms with Crippen LogP contribution in [0.3, 0.4) is 0 Å². The van der Waals surface area contributed by atoms with E-state index < -0.39 is 23.0 Å². The Morgan fingerprint density at radius 1 is 1.35 bits per heavy atom. The smallest absolute Gasteiger partial charge is 0.267 e. The third kappa shape index (κ3) is 3.17. The zero-order chi connectivity index (χ0) is 18.8. The molecule has 140 valence electrons. The summed E-state index contributed by atoms with van der Waals surface area (Å²) in [6.07, 6.45) is 1.26. The summed E-state index contributed by atoms with van der Waals surface area (Å²) in [5.41, 5.74) is 0.209. The summed E-state index contributed by atoms with van der Waals surface area (Å²) >= 11 is 0. The van der Waals surface area contributed by atoms with Crippen molar-refractivity contribution in [3.63, 3.8) is 0 Å². The minimum Gasteiger partial charge on any atom is -0.506 e. The molecule has 0 aliphatic carbocycles. The van der Waals surface area contributed by atoms with E-state index in [4.69, 9.17) is 5.11 Å². The van der Waals surface area contributed by atoms with E-state index >= 15 is 0 Å². The summed E-state index contributed by atoms with van der Waals surface area (Å²) in [6.45, 7) is 2.87. The fraction of sp³-hybridized carbons (Fsp3) is 0.444. The van der Waals surface area contributed by atoms with Gasteiger partial charge in [-0.3, -0.25) is 9.59 Å². The van der Waals surface area contributed by atoms with E-state index in [0.29, 0.717) is 37.0 Å². The van der Waals surface area contributed by atoms with Crippen molar-refractivity contribution in [1.29, 1.82) is 0 Å². The molecule has 0 bridgehead atoms. The lowest BCUT2D eigenvalue weighted by Gasteiger charge is -2.26. The number of aromatic nitrogens is 1. The summed E-state index contributed by atoms with van der Waals surface area (Å²) in [6, 6.07) is 2.37. The van der Waals surface area contributed by atoms with Crippen LogP contribution in [0, 0.1) is 5.82 Å². The molecule has 0 spiro atoms. The van der Waals surface area contributed by atoms with E-state index in [2.05, 4.69) is 10.6 Å². The summed E-state index contributed by atoms with van der Waals surface area (Å²) < 4.78 is 15.4. The average molecular weight is 363 g/mol.